The molecular formula is C33H27NO4. The quantitative estimate of drug-likeness (QED) is 0.259. The standard InChI is InChI=1S/C33H27NO4/c1-21-11-14-23(15-12-21)19-34-30(25-9-6-10-26(18-25)37-20-24-7-4-3-5-8-24)29-31(35)27-17-22(2)13-16-28(27)38-32(29)33(34)36/h3-18,30H,19-20H2,1-2H3. The fourth-order valence-electron chi connectivity index (χ4n) is 5.05. The fourth-order valence-corrected chi connectivity index (χ4v) is 5.05. The molecule has 0 fully saturated rings. The van der Waals surface area contributed by atoms with E-state index in [1.165, 1.54) is 0 Å². The van der Waals surface area contributed by atoms with Crippen LogP contribution in [-0.4, -0.2) is 10.8 Å². The summed E-state index contributed by atoms with van der Waals surface area (Å²) >= 11 is 0. The molecule has 0 N–H and O–H groups in total. The summed E-state index contributed by atoms with van der Waals surface area (Å²) in [5.74, 6) is 0.489. The van der Waals surface area contributed by atoms with Crippen LogP contribution in [0.25, 0.3) is 11.0 Å². The zero-order chi connectivity index (χ0) is 26.2. The first-order valence-electron chi connectivity index (χ1n) is 12.7. The summed E-state index contributed by atoms with van der Waals surface area (Å²) < 4.78 is 12.2. The van der Waals surface area contributed by atoms with Crippen LogP contribution in [-0.2, 0) is 13.2 Å². The van der Waals surface area contributed by atoms with Crippen molar-refractivity contribution in [1.82, 2.24) is 4.90 Å². The van der Waals surface area contributed by atoms with E-state index in [-0.39, 0.29) is 17.1 Å². The largest absolute Gasteiger partial charge is 0.489 e. The molecule has 1 unspecified atom stereocenters. The molecule has 1 aliphatic rings. The number of carbonyl (C=O) groups excluding carboxylic acids is 1. The molecular weight excluding hydrogens is 474 g/mol. The molecule has 1 amide bonds. The zero-order valence-corrected chi connectivity index (χ0v) is 21.3. The van der Waals surface area contributed by atoms with Crippen molar-refractivity contribution in [3.63, 3.8) is 0 Å². The van der Waals surface area contributed by atoms with Gasteiger partial charge < -0.3 is 14.1 Å². The van der Waals surface area contributed by atoms with Crippen molar-refractivity contribution >= 4 is 16.9 Å². The number of hydrogen-bond donors (Lipinski definition) is 0. The lowest BCUT2D eigenvalue weighted by Gasteiger charge is -2.25. The van der Waals surface area contributed by atoms with Gasteiger partial charge in [0, 0.05) is 6.54 Å². The Morgan fingerprint density at radius 2 is 1.55 bits per heavy atom. The minimum absolute atomic E-state index is 0.110. The average molecular weight is 502 g/mol. The van der Waals surface area contributed by atoms with Gasteiger partial charge in [0.05, 0.1) is 17.0 Å². The highest BCUT2D eigenvalue weighted by Crippen LogP contribution is 2.40. The molecule has 0 saturated carbocycles. The summed E-state index contributed by atoms with van der Waals surface area (Å²) in [4.78, 5) is 29.4. The van der Waals surface area contributed by atoms with Gasteiger partial charge in [0.2, 0.25) is 5.76 Å². The van der Waals surface area contributed by atoms with E-state index in [0.29, 0.717) is 35.4 Å². The first-order chi connectivity index (χ1) is 18.5. The summed E-state index contributed by atoms with van der Waals surface area (Å²) in [6, 6.07) is 30.5. The number of benzene rings is 4. The van der Waals surface area contributed by atoms with Crippen molar-refractivity contribution in [3.05, 3.63) is 146 Å². The topological polar surface area (TPSA) is 59.8 Å². The van der Waals surface area contributed by atoms with Gasteiger partial charge in [-0.3, -0.25) is 9.59 Å². The molecule has 0 spiro atoms. The van der Waals surface area contributed by atoms with Crippen LogP contribution < -0.4 is 10.2 Å². The molecule has 0 bridgehead atoms. The molecule has 6 rings (SSSR count). The molecule has 38 heavy (non-hydrogen) atoms. The van der Waals surface area contributed by atoms with E-state index in [4.69, 9.17) is 9.15 Å². The maximum Gasteiger partial charge on any atom is 0.291 e. The van der Waals surface area contributed by atoms with E-state index >= 15 is 0 Å². The molecule has 5 heteroatoms. The number of ether oxygens (including phenoxy) is 1. The van der Waals surface area contributed by atoms with Gasteiger partial charge >= 0.3 is 0 Å². The first kappa shape index (κ1) is 23.7. The molecule has 1 aromatic heterocycles. The van der Waals surface area contributed by atoms with Crippen molar-refractivity contribution in [2.24, 2.45) is 0 Å². The van der Waals surface area contributed by atoms with Crippen LogP contribution in [0.3, 0.4) is 0 Å². The normalized spacial score (nSPS) is 14.6. The molecule has 1 atom stereocenters. The lowest BCUT2D eigenvalue weighted by atomic mass is 9.97. The molecule has 5 nitrogen and oxygen atoms in total. The third kappa shape index (κ3) is 4.37. The Hall–Kier alpha value is -4.64. The Morgan fingerprint density at radius 1 is 0.789 bits per heavy atom. The van der Waals surface area contributed by atoms with Gasteiger partial charge in [-0.2, -0.15) is 0 Å². The summed E-state index contributed by atoms with van der Waals surface area (Å²) in [6.45, 7) is 4.73. The minimum Gasteiger partial charge on any atom is -0.489 e. The number of amides is 1. The monoisotopic (exact) mass is 501 g/mol. The Labute approximate surface area is 220 Å². The van der Waals surface area contributed by atoms with Crippen LogP contribution in [0, 0.1) is 13.8 Å². The second-order valence-electron chi connectivity index (χ2n) is 9.84. The Kier molecular flexibility index (Phi) is 6.04. The molecule has 0 radical (unpaired) electrons. The number of hydrogen-bond acceptors (Lipinski definition) is 4. The third-order valence-corrected chi connectivity index (χ3v) is 7.02. The molecule has 0 aliphatic carbocycles. The van der Waals surface area contributed by atoms with Crippen molar-refractivity contribution in [2.75, 3.05) is 0 Å². The minimum atomic E-state index is -0.597. The Balaban J connectivity index is 1.45. The average Bonchev–Trinajstić information content (AvgIpc) is 3.21. The predicted molar refractivity (Wildman–Crippen MR) is 147 cm³/mol. The van der Waals surface area contributed by atoms with E-state index in [2.05, 4.69) is 0 Å². The molecule has 4 aromatic carbocycles. The molecule has 1 aliphatic heterocycles. The number of nitrogens with zero attached hydrogens (tertiary/aromatic N) is 1. The Morgan fingerprint density at radius 3 is 2.34 bits per heavy atom. The maximum atomic E-state index is 13.9. The highest BCUT2D eigenvalue weighted by molar-refractivity contribution is 5.99. The van der Waals surface area contributed by atoms with Crippen LogP contribution in [0.5, 0.6) is 5.75 Å². The van der Waals surface area contributed by atoms with Gasteiger partial charge in [0.1, 0.15) is 17.9 Å². The highest BCUT2D eigenvalue weighted by Gasteiger charge is 2.42. The van der Waals surface area contributed by atoms with Crippen molar-refractivity contribution in [1.29, 1.82) is 0 Å². The van der Waals surface area contributed by atoms with Crippen LogP contribution in [0.15, 0.2) is 106 Å². The van der Waals surface area contributed by atoms with E-state index in [9.17, 15) is 9.59 Å². The second kappa shape index (κ2) is 9.67. The summed E-state index contributed by atoms with van der Waals surface area (Å²) in [7, 11) is 0. The van der Waals surface area contributed by atoms with Gasteiger partial charge in [-0.25, -0.2) is 0 Å². The lowest BCUT2D eigenvalue weighted by Crippen LogP contribution is -2.29. The smallest absolute Gasteiger partial charge is 0.291 e. The molecule has 188 valence electrons. The number of carbonyl (C=O) groups is 1. The van der Waals surface area contributed by atoms with Gasteiger partial charge in [-0.15, -0.1) is 0 Å². The van der Waals surface area contributed by atoms with Crippen LogP contribution >= 0.6 is 0 Å². The van der Waals surface area contributed by atoms with Crippen LogP contribution in [0.2, 0.25) is 0 Å². The maximum absolute atomic E-state index is 13.9. The lowest BCUT2D eigenvalue weighted by molar-refractivity contribution is 0.0714. The van der Waals surface area contributed by atoms with Gasteiger partial charge in [-0.05, 0) is 54.8 Å². The highest BCUT2D eigenvalue weighted by atomic mass is 16.5. The number of aryl methyl sites for hydroxylation is 2. The SMILES string of the molecule is Cc1ccc(CN2C(=O)c3oc4ccc(C)cc4c(=O)c3C2c2cccc(OCc3ccccc3)c2)cc1. The van der Waals surface area contributed by atoms with E-state index < -0.39 is 6.04 Å². The Bertz CT molecular complexity index is 1700. The van der Waals surface area contributed by atoms with Crippen molar-refractivity contribution < 1.29 is 13.9 Å². The van der Waals surface area contributed by atoms with Gasteiger partial charge in [0.15, 0.2) is 5.43 Å². The van der Waals surface area contributed by atoms with E-state index in [1.54, 1.807) is 11.0 Å². The van der Waals surface area contributed by atoms with Crippen LogP contribution in [0.1, 0.15) is 50.0 Å². The number of rotatable bonds is 6. The van der Waals surface area contributed by atoms with Crippen molar-refractivity contribution in [2.45, 2.75) is 33.0 Å². The van der Waals surface area contributed by atoms with E-state index in [0.717, 1.165) is 27.8 Å². The first-order valence-corrected chi connectivity index (χ1v) is 12.7. The fraction of sp³-hybridized carbons (Fsp3) is 0.152. The molecule has 0 saturated heterocycles. The second-order valence-corrected chi connectivity index (χ2v) is 9.84. The number of fused-ring (bicyclic) bond motifs is 2. The molecule has 2 heterocycles. The van der Waals surface area contributed by atoms with Crippen LogP contribution in [0.4, 0.5) is 0 Å². The zero-order valence-electron chi connectivity index (χ0n) is 21.3. The summed E-state index contributed by atoms with van der Waals surface area (Å²) in [6.07, 6.45) is 0. The van der Waals surface area contributed by atoms with E-state index in [1.807, 2.05) is 105 Å². The predicted octanol–water partition coefficient (Wildman–Crippen LogP) is 6.73. The summed E-state index contributed by atoms with van der Waals surface area (Å²) in [5, 5.41) is 0.482. The van der Waals surface area contributed by atoms with Gasteiger partial charge in [0.25, 0.3) is 5.91 Å². The molecule has 5 aromatic rings. The summed E-state index contributed by atoms with van der Waals surface area (Å²) in [5.41, 5.74) is 5.55. The third-order valence-electron chi connectivity index (χ3n) is 7.02. The van der Waals surface area contributed by atoms with Crippen molar-refractivity contribution in [3.8, 4) is 5.75 Å². The van der Waals surface area contributed by atoms with Gasteiger partial charge in [-0.1, -0.05) is 83.9 Å².